The lowest BCUT2D eigenvalue weighted by atomic mass is 10.0. The molecule has 108 valence electrons. The van der Waals surface area contributed by atoms with Crippen LogP contribution in [0.25, 0.3) is 17.0 Å². The number of aromatic nitrogens is 2. The van der Waals surface area contributed by atoms with Crippen LogP contribution in [0.4, 0.5) is 0 Å². The van der Waals surface area contributed by atoms with E-state index in [1.165, 1.54) is 12.4 Å². The van der Waals surface area contributed by atoms with Crippen LogP contribution in [-0.2, 0) is 4.79 Å². The molecule has 0 aliphatic heterocycles. The third-order valence-electron chi connectivity index (χ3n) is 2.92. The first-order chi connectivity index (χ1) is 10.7. The highest BCUT2D eigenvalue weighted by Crippen LogP contribution is 2.20. The van der Waals surface area contributed by atoms with Gasteiger partial charge in [0.05, 0.1) is 11.1 Å². The zero-order valence-electron chi connectivity index (χ0n) is 11.9. The van der Waals surface area contributed by atoms with E-state index in [-0.39, 0.29) is 5.57 Å². The van der Waals surface area contributed by atoms with E-state index in [1.54, 1.807) is 42.5 Å². The molecule has 1 aromatic heterocycles. The minimum Gasteiger partial charge on any atom is -0.478 e. The van der Waals surface area contributed by atoms with E-state index in [2.05, 4.69) is 9.97 Å². The van der Waals surface area contributed by atoms with Crippen molar-refractivity contribution in [3.8, 4) is 17.5 Å². The molecule has 1 heterocycles. The number of nitrogens with zero attached hydrogens (tertiary/aromatic N) is 3. The molecular weight excluding hydrogens is 278 g/mol. The average Bonchev–Trinajstić information content (AvgIpc) is 2.55. The van der Waals surface area contributed by atoms with Crippen molar-refractivity contribution in [2.75, 3.05) is 0 Å². The van der Waals surface area contributed by atoms with Crippen molar-refractivity contribution in [2.45, 2.75) is 6.92 Å². The summed E-state index contributed by atoms with van der Waals surface area (Å²) >= 11 is 0. The highest BCUT2D eigenvalue weighted by molar-refractivity contribution is 6.15. The SMILES string of the molecule is CC=CC=C(C(=O)O)c1ccc(-c2ncc(C#N)cn2)cc1. The van der Waals surface area contributed by atoms with Crippen molar-refractivity contribution < 1.29 is 9.90 Å². The van der Waals surface area contributed by atoms with Crippen LogP contribution in [0, 0.1) is 11.3 Å². The zero-order valence-corrected chi connectivity index (χ0v) is 11.9. The molecule has 2 aromatic rings. The van der Waals surface area contributed by atoms with E-state index < -0.39 is 5.97 Å². The lowest BCUT2D eigenvalue weighted by molar-refractivity contribution is -0.130. The van der Waals surface area contributed by atoms with E-state index in [4.69, 9.17) is 5.26 Å². The molecule has 1 aromatic carbocycles. The lowest BCUT2D eigenvalue weighted by Crippen LogP contribution is -1.99. The summed E-state index contributed by atoms with van der Waals surface area (Å²) in [6.07, 6.45) is 7.90. The number of rotatable bonds is 4. The fraction of sp³-hybridized carbons (Fsp3) is 0.0588. The second-order valence-electron chi connectivity index (χ2n) is 4.40. The summed E-state index contributed by atoms with van der Waals surface area (Å²) in [5, 5.41) is 18.0. The topological polar surface area (TPSA) is 86.9 Å². The van der Waals surface area contributed by atoms with Crippen molar-refractivity contribution in [1.29, 1.82) is 5.26 Å². The molecule has 0 amide bonds. The van der Waals surface area contributed by atoms with Gasteiger partial charge in [-0.2, -0.15) is 5.26 Å². The summed E-state index contributed by atoms with van der Waals surface area (Å²) in [6, 6.07) is 8.88. The van der Waals surface area contributed by atoms with Crippen LogP contribution in [0.3, 0.4) is 0 Å². The molecule has 0 fully saturated rings. The minimum absolute atomic E-state index is 0.213. The van der Waals surface area contributed by atoms with Crippen molar-refractivity contribution in [3.63, 3.8) is 0 Å². The minimum atomic E-state index is -0.986. The molecule has 0 aliphatic rings. The fourth-order valence-corrected chi connectivity index (χ4v) is 1.82. The predicted molar refractivity (Wildman–Crippen MR) is 82.6 cm³/mol. The largest absolute Gasteiger partial charge is 0.478 e. The molecule has 22 heavy (non-hydrogen) atoms. The number of carboxylic acids is 1. The van der Waals surface area contributed by atoms with Crippen LogP contribution in [0.5, 0.6) is 0 Å². The normalized spacial score (nSPS) is 11.4. The molecule has 1 N–H and O–H groups in total. The van der Waals surface area contributed by atoms with Gasteiger partial charge in [0.2, 0.25) is 0 Å². The van der Waals surface area contributed by atoms with E-state index in [9.17, 15) is 9.90 Å². The van der Waals surface area contributed by atoms with Crippen molar-refractivity contribution in [2.24, 2.45) is 0 Å². The first kappa shape index (κ1) is 15.1. The quantitative estimate of drug-likeness (QED) is 0.691. The Morgan fingerprint density at radius 3 is 2.36 bits per heavy atom. The lowest BCUT2D eigenvalue weighted by Gasteiger charge is -2.04. The number of allylic oxidation sites excluding steroid dienone is 3. The number of aliphatic carboxylic acids is 1. The standard InChI is InChI=1S/C17H13N3O2/c1-2-3-4-15(17(21)22)13-5-7-14(8-6-13)16-19-10-12(9-18)11-20-16/h2-8,10-11H,1H3,(H,21,22). The molecule has 0 aliphatic carbocycles. The average molecular weight is 291 g/mol. The maximum atomic E-state index is 11.3. The Bertz CT molecular complexity index is 767. The second-order valence-corrected chi connectivity index (χ2v) is 4.40. The first-order valence-electron chi connectivity index (χ1n) is 6.55. The molecule has 0 atom stereocenters. The van der Waals surface area contributed by atoms with E-state index >= 15 is 0 Å². The Labute approximate surface area is 127 Å². The van der Waals surface area contributed by atoms with E-state index in [0.29, 0.717) is 17.0 Å². The summed E-state index contributed by atoms with van der Waals surface area (Å²) in [7, 11) is 0. The molecule has 5 heteroatoms. The van der Waals surface area contributed by atoms with Gasteiger partial charge in [-0.05, 0) is 18.6 Å². The van der Waals surface area contributed by atoms with Crippen LogP contribution >= 0.6 is 0 Å². The van der Waals surface area contributed by atoms with Gasteiger partial charge in [-0.3, -0.25) is 0 Å². The summed E-state index contributed by atoms with van der Waals surface area (Å²) < 4.78 is 0. The highest BCUT2D eigenvalue weighted by atomic mass is 16.4. The van der Waals surface area contributed by atoms with Gasteiger partial charge in [0.25, 0.3) is 0 Å². The van der Waals surface area contributed by atoms with Crippen LogP contribution in [0.1, 0.15) is 18.1 Å². The van der Waals surface area contributed by atoms with Crippen LogP contribution < -0.4 is 0 Å². The third-order valence-corrected chi connectivity index (χ3v) is 2.92. The molecule has 0 radical (unpaired) electrons. The number of benzene rings is 1. The third kappa shape index (κ3) is 3.44. The Balaban J connectivity index is 2.33. The summed E-state index contributed by atoms with van der Waals surface area (Å²) in [5.74, 6) is -0.500. The van der Waals surface area contributed by atoms with Crippen molar-refractivity contribution in [3.05, 3.63) is 66.0 Å². The number of carboxylic acid groups (broad SMARTS) is 1. The fourth-order valence-electron chi connectivity index (χ4n) is 1.82. The Hall–Kier alpha value is -3.26. The number of carbonyl (C=O) groups is 1. The number of hydrogen-bond donors (Lipinski definition) is 1. The van der Waals surface area contributed by atoms with Crippen molar-refractivity contribution in [1.82, 2.24) is 9.97 Å². The van der Waals surface area contributed by atoms with Gasteiger partial charge in [-0.1, -0.05) is 36.4 Å². The molecule has 0 saturated carbocycles. The molecule has 2 rings (SSSR count). The number of nitriles is 1. The van der Waals surface area contributed by atoms with Gasteiger partial charge < -0.3 is 5.11 Å². The van der Waals surface area contributed by atoms with Gasteiger partial charge in [-0.15, -0.1) is 0 Å². The molecule has 0 unspecified atom stereocenters. The monoisotopic (exact) mass is 291 g/mol. The molecule has 5 nitrogen and oxygen atoms in total. The summed E-state index contributed by atoms with van der Waals surface area (Å²) in [6.45, 7) is 1.82. The highest BCUT2D eigenvalue weighted by Gasteiger charge is 2.10. The van der Waals surface area contributed by atoms with Crippen LogP contribution in [0.2, 0.25) is 0 Å². The molecule has 0 saturated heterocycles. The molecule has 0 bridgehead atoms. The molecular formula is C17H13N3O2. The Kier molecular flexibility index (Phi) is 4.78. The zero-order chi connectivity index (χ0) is 15.9. The maximum absolute atomic E-state index is 11.3. The maximum Gasteiger partial charge on any atom is 0.336 e. The van der Waals surface area contributed by atoms with Crippen LogP contribution in [-0.4, -0.2) is 21.0 Å². The van der Waals surface area contributed by atoms with E-state index in [0.717, 1.165) is 5.56 Å². The molecule has 0 spiro atoms. The first-order valence-corrected chi connectivity index (χ1v) is 6.55. The van der Waals surface area contributed by atoms with Gasteiger partial charge in [-0.25, -0.2) is 14.8 Å². The van der Waals surface area contributed by atoms with Gasteiger partial charge >= 0.3 is 5.97 Å². The predicted octanol–water partition coefficient (Wildman–Crippen LogP) is 3.06. The van der Waals surface area contributed by atoms with E-state index in [1.807, 2.05) is 13.0 Å². The van der Waals surface area contributed by atoms with Crippen LogP contribution in [0.15, 0.2) is 54.9 Å². The Morgan fingerprint density at radius 1 is 1.23 bits per heavy atom. The summed E-state index contributed by atoms with van der Waals surface area (Å²) in [5.41, 5.74) is 1.96. The second kappa shape index (κ2) is 6.95. The smallest absolute Gasteiger partial charge is 0.336 e. The number of hydrogen-bond acceptors (Lipinski definition) is 4. The van der Waals surface area contributed by atoms with Crippen molar-refractivity contribution >= 4 is 11.5 Å². The summed E-state index contributed by atoms with van der Waals surface area (Å²) in [4.78, 5) is 19.5. The van der Waals surface area contributed by atoms with Gasteiger partial charge in [0.1, 0.15) is 6.07 Å². The Morgan fingerprint density at radius 2 is 1.86 bits per heavy atom. The van der Waals surface area contributed by atoms with Gasteiger partial charge in [0.15, 0.2) is 5.82 Å². The van der Waals surface area contributed by atoms with Gasteiger partial charge in [0, 0.05) is 18.0 Å².